The molecule has 0 amide bonds. The molecule has 1 aromatic rings. The number of aromatic nitrogens is 2. The van der Waals surface area contributed by atoms with Gasteiger partial charge in [0, 0.05) is 19.2 Å². The largest absolute Gasteiger partial charge is 0.478 e. The van der Waals surface area contributed by atoms with E-state index in [1.165, 1.54) is 25.9 Å². The number of nitrogens with zero attached hydrogens (tertiary/aromatic N) is 3. The lowest BCUT2D eigenvalue weighted by atomic mass is 10.4. The molecular weight excluding hydrogens is 228 g/mol. The van der Waals surface area contributed by atoms with Gasteiger partial charge in [0.25, 0.3) is 0 Å². The highest BCUT2D eigenvalue weighted by Gasteiger charge is 2.10. The van der Waals surface area contributed by atoms with Crippen LogP contribution in [-0.4, -0.2) is 47.7 Å². The van der Waals surface area contributed by atoms with Crippen LogP contribution in [0.4, 0.5) is 5.82 Å². The monoisotopic (exact) mass is 250 g/mol. The second-order valence-electron chi connectivity index (χ2n) is 4.57. The van der Waals surface area contributed by atoms with E-state index >= 15 is 0 Å². The number of rotatable bonds is 7. The van der Waals surface area contributed by atoms with Crippen LogP contribution in [0.3, 0.4) is 0 Å². The van der Waals surface area contributed by atoms with Crippen LogP contribution in [-0.2, 0) is 0 Å². The van der Waals surface area contributed by atoms with Crippen LogP contribution in [0.1, 0.15) is 26.2 Å². The van der Waals surface area contributed by atoms with Crippen LogP contribution in [0.2, 0.25) is 0 Å². The van der Waals surface area contributed by atoms with E-state index in [-0.39, 0.29) is 0 Å². The number of nitrogens with one attached hydrogen (secondary N) is 1. The Balaban J connectivity index is 1.74. The second-order valence-corrected chi connectivity index (χ2v) is 4.57. The van der Waals surface area contributed by atoms with Crippen molar-refractivity contribution in [3.8, 4) is 5.88 Å². The molecule has 1 N–H and O–H groups in total. The maximum absolute atomic E-state index is 5.47. The van der Waals surface area contributed by atoms with Crippen molar-refractivity contribution < 1.29 is 4.74 Å². The normalized spacial score (nSPS) is 15.8. The van der Waals surface area contributed by atoms with E-state index in [0.29, 0.717) is 12.5 Å². The minimum Gasteiger partial charge on any atom is -0.478 e. The van der Waals surface area contributed by atoms with Gasteiger partial charge in [0.05, 0.1) is 6.61 Å². The highest BCUT2D eigenvalue weighted by molar-refractivity contribution is 5.36. The maximum Gasteiger partial charge on any atom is 0.218 e. The van der Waals surface area contributed by atoms with Gasteiger partial charge < -0.3 is 15.0 Å². The summed E-state index contributed by atoms with van der Waals surface area (Å²) in [7, 11) is 0. The minimum absolute atomic E-state index is 0.649. The zero-order valence-corrected chi connectivity index (χ0v) is 11.1. The van der Waals surface area contributed by atoms with Crippen molar-refractivity contribution in [1.82, 2.24) is 14.9 Å². The van der Waals surface area contributed by atoms with E-state index in [1.807, 2.05) is 6.07 Å². The van der Waals surface area contributed by atoms with Crippen LogP contribution in [0.5, 0.6) is 5.88 Å². The lowest BCUT2D eigenvalue weighted by Gasteiger charge is -2.15. The number of likely N-dealkylation sites (tertiary alicyclic amines) is 1. The fourth-order valence-electron chi connectivity index (χ4n) is 2.07. The fraction of sp³-hybridized carbons (Fsp3) is 0.692. The summed E-state index contributed by atoms with van der Waals surface area (Å²) in [5.74, 6) is 1.49. The lowest BCUT2D eigenvalue weighted by molar-refractivity contribution is 0.305. The Morgan fingerprint density at radius 1 is 1.33 bits per heavy atom. The molecule has 0 aromatic carbocycles. The van der Waals surface area contributed by atoms with E-state index in [2.05, 4.69) is 27.1 Å². The van der Waals surface area contributed by atoms with Gasteiger partial charge in [0.1, 0.15) is 12.1 Å². The standard InChI is InChI=1S/C13H22N4O/c1-2-9-18-13-10-12(15-11-16-13)14-5-8-17-6-3-4-7-17/h10-11H,2-9H2,1H3,(H,14,15,16). The summed E-state index contributed by atoms with van der Waals surface area (Å²) in [5, 5.41) is 3.32. The van der Waals surface area contributed by atoms with Crippen molar-refractivity contribution in [3.63, 3.8) is 0 Å². The van der Waals surface area contributed by atoms with Gasteiger partial charge in [-0.2, -0.15) is 0 Å². The molecule has 18 heavy (non-hydrogen) atoms. The lowest BCUT2D eigenvalue weighted by Crippen LogP contribution is -2.26. The third-order valence-electron chi connectivity index (χ3n) is 3.03. The molecule has 0 saturated carbocycles. The topological polar surface area (TPSA) is 50.3 Å². The first-order valence-electron chi connectivity index (χ1n) is 6.79. The minimum atomic E-state index is 0.649. The summed E-state index contributed by atoms with van der Waals surface area (Å²) in [4.78, 5) is 10.7. The molecule has 1 aliphatic rings. The summed E-state index contributed by atoms with van der Waals surface area (Å²) in [6.07, 6.45) is 5.20. The number of hydrogen-bond acceptors (Lipinski definition) is 5. The third-order valence-corrected chi connectivity index (χ3v) is 3.03. The summed E-state index contributed by atoms with van der Waals surface area (Å²) >= 11 is 0. The third kappa shape index (κ3) is 4.14. The number of ether oxygens (including phenoxy) is 1. The fourth-order valence-corrected chi connectivity index (χ4v) is 2.07. The van der Waals surface area contributed by atoms with Crippen molar-refractivity contribution in [2.24, 2.45) is 0 Å². The van der Waals surface area contributed by atoms with Crippen molar-refractivity contribution in [2.45, 2.75) is 26.2 Å². The average Bonchev–Trinajstić information content (AvgIpc) is 2.90. The Labute approximate surface area is 109 Å². The van der Waals surface area contributed by atoms with Crippen LogP contribution < -0.4 is 10.1 Å². The van der Waals surface area contributed by atoms with Crippen molar-refractivity contribution >= 4 is 5.82 Å². The molecule has 0 atom stereocenters. The molecule has 1 aliphatic heterocycles. The molecule has 0 spiro atoms. The molecule has 0 bridgehead atoms. The van der Waals surface area contributed by atoms with Crippen LogP contribution in [0, 0.1) is 0 Å². The van der Waals surface area contributed by atoms with Crippen molar-refractivity contribution in [3.05, 3.63) is 12.4 Å². The zero-order chi connectivity index (χ0) is 12.6. The van der Waals surface area contributed by atoms with E-state index in [9.17, 15) is 0 Å². The molecular formula is C13H22N4O. The van der Waals surface area contributed by atoms with E-state index in [0.717, 1.165) is 25.3 Å². The van der Waals surface area contributed by atoms with Gasteiger partial charge in [-0.3, -0.25) is 0 Å². The van der Waals surface area contributed by atoms with E-state index < -0.39 is 0 Å². The van der Waals surface area contributed by atoms with Gasteiger partial charge >= 0.3 is 0 Å². The molecule has 100 valence electrons. The van der Waals surface area contributed by atoms with Crippen LogP contribution >= 0.6 is 0 Å². The Morgan fingerprint density at radius 3 is 2.94 bits per heavy atom. The van der Waals surface area contributed by atoms with Crippen molar-refractivity contribution in [1.29, 1.82) is 0 Å². The Kier molecular flexibility index (Phi) is 5.20. The van der Waals surface area contributed by atoms with Gasteiger partial charge in [-0.25, -0.2) is 9.97 Å². The average molecular weight is 250 g/mol. The van der Waals surface area contributed by atoms with Crippen molar-refractivity contribution in [2.75, 3.05) is 38.1 Å². The van der Waals surface area contributed by atoms with Gasteiger partial charge in [-0.15, -0.1) is 0 Å². The number of hydrogen-bond donors (Lipinski definition) is 1. The van der Waals surface area contributed by atoms with E-state index in [4.69, 9.17) is 4.74 Å². The molecule has 2 rings (SSSR count). The van der Waals surface area contributed by atoms with Gasteiger partial charge in [0.15, 0.2) is 0 Å². The van der Waals surface area contributed by atoms with Gasteiger partial charge in [-0.1, -0.05) is 6.92 Å². The molecule has 5 nitrogen and oxygen atoms in total. The quantitative estimate of drug-likeness (QED) is 0.799. The smallest absolute Gasteiger partial charge is 0.218 e. The number of anilines is 1. The molecule has 0 aliphatic carbocycles. The first kappa shape index (κ1) is 13.1. The summed E-state index contributed by atoms with van der Waals surface area (Å²) in [6.45, 7) is 7.24. The molecule has 2 heterocycles. The summed E-state index contributed by atoms with van der Waals surface area (Å²) < 4.78 is 5.47. The van der Waals surface area contributed by atoms with Gasteiger partial charge in [0.2, 0.25) is 5.88 Å². The highest BCUT2D eigenvalue weighted by Crippen LogP contribution is 2.11. The van der Waals surface area contributed by atoms with Crippen LogP contribution in [0.25, 0.3) is 0 Å². The second kappa shape index (κ2) is 7.16. The first-order valence-corrected chi connectivity index (χ1v) is 6.79. The van der Waals surface area contributed by atoms with Gasteiger partial charge in [-0.05, 0) is 32.4 Å². The summed E-state index contributed by atoms with van der Waals surface area (Å²) in [5.41, 5.74) is 0. The molecule has 5 heteroatoms. The Morgan fingerprint density at radius 2 is 2.17 bits per heavy atom. The van der Waals surface area contributed by atoms with E-state index in [1.54, 1.807) is 6.33 Å². The maximum atomic E-state index is 5.47. The predicted octanol–water partition coefficient (Wildman–Crippen LogP) is 1.77. The Hall–Kier alpha value is -1.36. The zero-order valence-electron chi connectivity index (χ0n) is 11.1. The molecule has 0 unspecified atom stereocenters. The summed E-state index contributed by atoms with van der Waals surface area (Å²) in [6, 6.07) is 1.86. The molecule has 1 fully saturated rings. The molecule has 0 radical (unpaired) electrons. The predicted molar refractivity (Wildman–Crippen MR) is 72.0 cm³/mol. The molecule has 1 saturated heterocycles. The molecule has 1 aromatic heterocycles. The Bertz CT molecular complexity index is 353. The first-order chi connectivity index (χ1) is 8.88. The highest BCUT2D eigenvalue weighted by atomic mass is 16.5. The van der Waals surface area contributed by atoms with Crippen LogP contribution in [0.15, 0.2) is 12.4 Å². The SMILES string of the molecule is CCCOc1cc(NCCN2CCCC2)ncn1.